The highest BCUT2D eigenvalue weighted by atomic mass is 32.2. The van der Waals surface area contributed by atoms with Gasteiger partial charge in [0.25, 0.3) is 15.9 Å². The number of carbonyl (C=O) groups excluding carboxylic acids is 1. The molecule has 2 aromatic heterocycles. The highest BCUT2D eigenvalue weighted by Gasteiger charge is 2.46. The summed E-state index contributed by atoms with van der Waals surface area (Å²) in [5.74, 6) is -1.08. The Bertz CT molecular complexity index is 1440. The van der Waals surface area contributed by atoms with Gasteiger partial charge in [0.15, 0.2) is 5.84 Å². The zero-order valence-electron chi connectivity index (χ0n) is 18.7. The standard InChI is InChI=1S/C21H24N4O6S4/c1-34(28,29)22-8-13-11-33-20-18(13)35(30,31)24-19(23-20)16-17(26)14-4-2-3-5-15(14)25(21(16)27)9-12-6-7-32-10-12/h6-7,10-11,14-15,22,26H,2-5,8-9H2,1H3,(H,23,24)/t14-,15+/m0/s1. The average Bonchev–Trinajstić information content (AvgIpc) is 3.45. The maximum Gasteiger partial charge on any atom is 0.287 e. The summed E-state index contributed by atoms with van der Waals surface area (Å²) in [5, 5.41) is 19.8. The number of nitrogens with zero attached hydrogens (tertiary/aromatic N) is 2. The first-order valence-corrected chi connectivity index (χ1v) is 16.1. The molecule has 0 aromatic carbocycles. The zero-order chi connectivity index (χ0) is 25.0. The minimum Gasteiger partial charge on any atom is -0.511 e. The van der Waals surface area contributed by atoms with Crippen LogP contribution in [0.5, 0.6) is 0 Å². The van der Waals surface area contributed by atoms with Crippen LogP contribution in [-0.4, -0.2) is 50.9 Å². The second-order valence-electron chi connectivity index (χ2n) is 8.84. The Kier molecular flexibility index (Phi) is 6.28. The topological polar surface area (TPSA) is 145 Å². The number of fused-ring (bicyclic) bond motifs is 2. The molecule has 1 aliphatic carbocycles. The van der Waals surface area contributed by atoms with Crippen molar-refractivity contribution in [3.8, 4) is 0 Å². The van der Waals surface area contributed by atoms with E-state index in [0.717, 1.165) is 42.4 Å². The molecule has 4 heterocycles. The molecule has 1 fully saturated rings. The number of amides is 1. The van der Waals surface area contributed by atoms with E-state index in [1.807, 2.05) is 16.8 Å². The maximum atomic E-state index is 13.7. The molecule has 3 aliphatic rings. The van der Waals surface area contributed by atoms with Gasteiger partial charge < -0.3 is 15.3 Å². The summed E-state index contributed by atoms with van der Waals surface area (Å²) in [7, 11) is -7.78. The molecule has 0 unspecified atom stereocenters. The van der Waals surface area contributed by atoms with Crippen LogP contribution in [0.1, 0.15) is 36.8 Å². The van der Waals surface area contributed by atoms with Crippen LogP contribution in [0.15, 0.2) is 42.8 Å². The number of hydrogen-bond acceptors (Lipinski definition) is 9. The number of anilines is 1. The lowest BCUT2D eigenvalue weighted by Crippen LogP contribution is -2.52. The number of sulfonamides is 2. The van der Waals surface area contributed by atoms with Crippen LogP contribution in [0.4, 0.5) is 5.00 Å². The van der Waals surface area contributed by atoms with E-state index in [9.17, 15) is 26.7 Å². The third kappa shape index (κ3) is 4.65. The number of aliphatic hydroxyl groups excluding tert-OH is 1. The lowest BCUT2D eigenvalue weighted by molar-refractivity contribution is -0.133. The van der Waals surface area contributed by atoms with Gasteiger partial charge in [0, 0.05) is 30.6 Å². The number of aliphatic hydroxyl groups is 1. The predicted molar refractivity (Wildman–Crippen MR) is 135 cm³/mol. The Morgan fingerprint density at radius 2 is 2.06 bits per heavy atom. The van der Waals surface area contributed by atoms with E-state index in [0.29, 0.717) is 13.0 Å². The van der Waals surface area contributed by atoms with Crippen molar-refractivity contribution in [2.24, 2.45) is 10.3 Å². The van der Waals surface area contributed by atoms with E-state index in [2.05, 4.69) is 14.4 Å². The van der Waals surface area contributed by atoms with Gasteiger partial charge in [0.1, 0.15) is 21.2 Å². The highest BCUT2D eigenvalue weighted by molar-refractivity contribution is 7.91. The van der Waals surface area contributed by atoms with Gasteiger partial charge in [-0.25, -0.2) is 13.1 Å². The molecule has 0 bridgehead atoms. The molecule has 0 spiro atoms. The third-order valence-corrected chi connectivity index (χ3v) is 10.3. The van der Waals surface area contributed by atoms with Crippen LogP contribution in [0.2, 0.25) is 0 Å². The Morgan fingerprint density at radius 1 is 1.29 bits per heavy atom. The van der Waals surface area contributed by atoms with Crippen molar-refractivity contribution < 1.29 is 26.7 Å². The molecule has 14 heteroatoms. The molecule has 0 radical (unpaired) electrons. The fourth-order valence-electron chi connectivity index (χ4n) is 4.87. The molecule has 2 aromatic rings. The van der Waals surface area contributed by atoms with Gasteiger partial charge in [-0.2, -0.15) is 19.8 Å². The second kappa shape index (κ2) is 9.00. The Balaban J connectivity index is 1.53. The van der Waals surface area contributed by atoms with Crippen molar-refractivity contribution >= 4 is 59.5 Å². The van der Waals surface area contributed by atoms with Crippen molar-refractivity contribution in [2.75, 3.05) is 11.6 Å². The summed E-state index contributed by atoms with van der Waals surface area (Å²) in [6.07, 6.45) is 4.30. The lowest BCUT2D eigenvalue weighted by Gasteiger charge is -2.44. The first-order chi connectivity index (χ1) is 16.5. The molecule has 0 saturated heterocycles. The van der Waals surface area contributed by atoms with Gasteiger partial charge in [0.2, 0.25) is 10.0 Å². The van der Waals surface area contributed by atoms with Crippen molar-refractivity contribution in [1.29, 1.82) is 0 Å². The van der Waals surface area contributed by atoms with E-state index in [-0.39, 0.29) is 51.1 Å². The zero-order valence-corrected chi connectivity index (χ0v) is 22.0. The number of carbonyl (C=O) groups is 1. The molecule has 1 amide bonds. The molecule has 1 saturated carbocycles. The minimum atomic E-state index is -4.25. The van der Waals surface area contributed by atoms with Crippen molar-refractivity contribution in [3.63, 3.8) is 0 Å². The molecule has 188 valence electrons. The van der Waals surface area contributed by atoms with Crippen LogP contribution >= 0.6 is 22.7 Å². The SMILES string of the molecule is CS(=O)(=O)NCc1csc2c1S(=O)(=O)N=C(C1=C(O)[C@H]3CCCC[C@H]3N(Cc3ccsc3)C1=O)N2. The van der Waals surface area contributed by atoms with Crippen LogP contribution in [-0.2, 0) is 37.9 Å². The molecular formula is C21H24N4O6S4. The summed E-state index contributed by atoms with van der Waals surface area (Å²) in [6, 6.07) is 1.78. The van der Waals surface area contributed by atoms with Gasteiger partial charge in [-0.05, 0) is 40.6 Å². The molecule has 10 nitrogen and oxygen atoms in total. The summed E-state index contributed by atoms with van der Waals surface area (Å²) in [4.78, 5) is 15.3. The number of hydrogen-bond donors (Lipinski definition) is 3. The summed E-state index contributed by atoms with van der Waals surface area (Å²) < 4.78 is 55.4. The fraction of sp³-hybridized carbons (Fsp3) is 0.429. The Morgan fingerprint density at radius 3 is 2.77 bits per heavy atom. The fourth-order valence-corrected chi connectivity index (χ4v) is 8.55. The normalized spacial score (nSPS) is 24.0. The number of nitrogens with one attached hydrogen (secondary N) is 2. The molecule has 2 aliphatic heterocycles. The van der Waals surface area contributed by atoms with E-state index in [4.69, 9.17) is 0 Å². The van der Waals surface area contributed by atoms with Gasteiger partial charge in [0.05, 0.1) is 6.26 Å². The number of amidine groups is 1. The highest BCUT2D eigenvalue weighted by Crippen LogP contribution is 2.42. The van der Waals surface area contributed by atoms with E-state index >= 15 is 0 Å². The van der Waals surface area contributed by atoms with E-state index in [1.165, 1.54) is 16.7 Å². The van der Waals surface area contributed by atoms with Gasteiger partial charge >= 0.3 is 0 Å². The van der Waals surface area contributed by atoms with Crippen LogP contribution < -0.4 is 10.0 Å². The smallest absolute Gasteiger partial charge is 0.287 e. The summed E-state index contributed by atoms with van der Waals surface area (Å²) in [5.41, 5.74) is 1.11. The second-order valence-corrected chi connectivity index (χ2v) is 13.9. The quantitative estimate of drug-likeness (QED) is 0.496. The Hall–Kier alpha value is -2.26. The molecule has 35 heavy (non-hydrogen) atoms. The van der Waals surface area contributed by atoms with E-state index < -0.39 is 26.0 Å². The van der Waals surface area contributed by atoms with Gasteiger partial charge in [-0.15, -0.1) is 15.7 Å². The average molecular weight is 557 g/mol. The number of rotatable bonds is 6. The summed E-state index contributed by atoms with van der Waals surface area (Å²) >= 11 is 2.60. The molecule has 2 atom stereocenters. The third-order valence-electron chi connectivity index (χ3n) is 6.42. The number of thiophene rings is 2. The van der Waals surface area contributed by atoms with Gasteiger partial charge in [-0.1, -0.05) is 12.8 Å². The van der Waals surface area contributed by atoms with Crippen LogP contribution in [0.25, 0.3) is 0 Å². The maximum absolute atomic E-state index is 13.7. The van der Waals surface area contributed by atoms with Crippen molar-refractivity contribution in [2.45, 2.75) is 49.7 Å². The summed E-state index contributed by atoms with van der Waals surface area (Å²) in [6.45, 7) is 0.160. The first-order valence-electron chi connectivity index (χ1n) is 11.0. The molecule has 3 N–H and O–H groups in total. The Labute approximate surface area is 211 Å². The van der Waals surface area contributed by atoms with Gasteiger partial charge in [-0.3, -0.25) is 4.79 Å². The first kappa shape index (κ1) is 24.4. The molecule has 5 rings (SSSR count). The largest absolute Gasteiger partial charge is 0.511 e. The van der Waals surface area contributed by atoms with Crippen molar-refractivity contribution in [3.05, 3.63) is 44.7 Å². The van der Waals surface area contributed by atoms with Crippen LogP contribution in [0.3, 0.4) is 0 Å². The predicted octanol–water partition coefficient (Wildman–Crippen LogP) is 2.78. The lowest BCUT2D eigenvalue weighted by atomic mass is 9.78. The molecular weight excluding hydrogens is 533 g/mol. The monoisotopic (exact) mass is 556 g/mol. The minimum absolute atomic E-state index is 0.123. The van der Waals surface area contributed by atoms with Crippen molar-refractivity contribution in [1.82, 2.24) is 9.62 Å². The van der Waals surface area contributed by atoms with Crippen LogP contribution in [0, 0.1) is 5.92 Å². The van der Waals surface area contributed by atoms with E-state index in [1.54, 1.807) is 4.90 Å².